The maximum Gasteiger partial charge on any atom is 0.124 e. The average molecular weight is 272 g/mol. The van der Waals surface area contributed by atoms with Crippen LogP contribution in [0.1, 0.15) is 18.7 Å². The van der Waals surface area contributed by atoms with Crippen LogP contribution in [0.3, 0.4) is 0 Å². The Morgan fingerprint density at radius 1 is 1.10 bits per heavy atom. The van der Waals surface area contributed by atoms with Gasteiger partial charge in [0.05, 0.1) is 17.6 Å². The Labute approximate surface area is 121 Å². The summed E-state index contributed by atoms with van der Waals surface area (Å²) in [6.07, 6.45) is 2.71. The van der Waals surface area contributed by atoms with E-state index < -0.39 is 0 Å². The highest BCUT2D eigenvalue weighted by atomic mass is 15.2. The molecule has 3 rings (SSSR count). The molecular formula is C16H24N4. The number of hydrogen-bond acceptors (Lipinski definition) is 3. The Morgan fingerprint density at radius 2 is 1.85 bits per heavy atom. The molecule has 2 heterocycles. The molecule has 0 atom stereocenters. The van der Waals surface area contributed by atoms with E-state index in [1.165, 1.54) is 37.3 Å². The molecule has 1 aliphatic heterocycles. The number of rotatable bonds is 5. The zero-order chi connectivity index (χ0) is 13.9. The van der Waals surface area contributed by atoms with Gasteiger partial charge in [-0.2, -0.15) is 0 Å². The van der Waals surface area contributed by atoms with Crippen molar-refractivity contribution in [2.45, 2.75) is 25.9 Å². The molecule has 1 aromatic carbocycles. The lowest BCUT2D eigenvalue weighted by Gasteiger charge is -2.17. The van der Waals surface area contributed by atoms with Crippen LogP contribution in [0.5, 0.6) is 0 Å². The van der Waals surface area contributed by atoms with Gasteiger partial charge in [0.25, 0.3) is 0 Å². The minimum atomic E-state index is 0.898. The molecule has 2 aromatic rings. The number of aromatic nitrogens is 2. The Kier molecular flexibility index (Phi) is 4.03. The molecule has 0 aliphatic carbocycles. The zero-order valence-corrected chi connectivity index (χ0v) is 12.5. The van der Waals surface area contributed by atoms with E-state index in [1.54, 1.807) is 0 Å². The van der Waals surface area contributed by atoms with Crippen LogP contribution in [0.2, 0.25) is 0 Å². The van der Waals surface area contributed by atoms with Crippen molar-refractivity contribution in [3.05, 3.63) is 30.1 Å². The van der Waals surface area contributed by atoms with Gasteiger partial charge >= 0.3 is 0 Å². The first-order chi connectivity index (χ1) is 9.74. The van der Waals surface area contributed by atoms with Crippen molar-refractivity contribution in [1.82, 2.24) is 19.4 Å². The van der Waals surface area contributed by atoms with Crippen molar-refractivity contribution < 1.29 is 0 Å². The number of nitrogens with zero attached hydrogens (tertiary/aromatic N) is 4. The van der Waals surface area contributed by atoms with Gasteiger partial charge in [0, 0.05) is 13.1 Å². The van der Waals surface area contributed by atoms with Gasteiger partial charge in [-0.05, 0) is 52.2 Å². The third-order valence-electron chi connectivity index (χ3n) is 4.03. The van der Waals surface area contributed by atoms with E-state index in [2.05, 4.69) is 52.7 Å². The summed E-state index contributed by atoms with van der Waals surface area (Å²) in [5, 5.41) is 0. The summed E-state index contributed by atoms with van der Waals surface area (Å²) in [7, 11) is 4.20. The van der Waals surface area contributed by atoms with Crippen LogP contribution in [0, 0.1) is 0 Å². The van der Waals surface area contributed by atoms with Crippen molar-refractivity contribution in [3.63, 3.8) is 0 Å². The predicted molar refractivity (Wildman–Crippen MR) is 82.8 cm³/mol. The monoisotopic (exact) mass is 272 g/mol. The summed E-state index contributed by atoms with van der Waals surface area (Å²) < 4.78 is 2.40. The first-order valence-corrected chi connectivity index (χ1v) is 7.55. The summed E-state index contributed by atoms with van der Waals surface area (Å²) >= 11 is 0. The van der Waals surface area contributed by atoms with E-state index in [9.17, 15) is 0 Å². The van der Waals surface area contributed by atoms with Crippen LogP contribution in [0.25, 0.3) is 11.0 Å². The fraction of sp³-hybridized carbons (Fsp3) is 0.562. The first-order valence-electron chi connectivity index (χ1n) is 7.55. The van der Waals surface area contributed by atoms with Crippen molar-refractivity contribution in [3.8, 4) is 0 Å². The number of benzene rings is 1. The van der Waals surface area contributed by atoms with E-state index in [-0.39, 0.29) is 0 Å². The minimum absolute atomic E-state index is 0.898. The maximum absolute atomic E-state index is 4.80. The highest BCUT2D eigenvalue weighted by Crippen LogP contribution is 2.17. The van der Waals surface area contributed by atoms with Gasteiger partial charge in [0.1, 0.15) is 5.82 Å². The number of hydrogen-bond donors (Lipinski definition) is 0. The molecule has 0 amide bonds. The Morgan fingerprint density at radius 3 is 2.60 bits per heavy atom. The minimum Gasteiger partial charge on any atom is -0.326 e. The smallest absolute Gasteiger partial charge is 0.124 e. The van der Waals surface area contributed by atoms with Gasteiger partial charge in [0.2, 0.25) is 0 Å². The summed E-state index contributed by atoms with van der Waals surface area (Å²) in [6.45, 7) is 5.60. The summed E-state index contributed by atoms with van der Waals surface area (Å²) in [5.41, 5.74) is 2.38. The fourth-order valence-electron chi connectivity index (χ4n) is 3.03. The van der Waals surface area contributed by atoms with Crippen molar-refractivity contribution >= 4 is 11.0 Å². The van der Waals surface area contributed by atoms with E-state index in [1.807, 2.05) is 0 Å². The van der Waals surface area contributed by atoms with Crippen LogP contribution >= 0.6 is 0 Å². The van der Waals surface area contributed by atoms with Crippen LogP contribution in [-0.4, -0.2) is 53.1 Å². The van der Waals surface area contributed by atoms with Crippen molar-refractivity contribution in [2.75, 3.05) is 33.7 Å². The molecule has 0 unspecified atom stereocenters. The molecule has 0 saturated carbocycles. The third-order valence-corrected chi connectivity index (χ3v) is 4.03. The molecule has 1 aromatic heterocycles. The molecule has 4 nitrogen and oxygen atoms in total. The first kappa shape index (κ1) is 13.6. The Balaban J connectivity index is 1.85. The molecule has 1 aliphatic rings. The lowest BCUT2D eigenvalue weighted by atomic mass is 10.3. The third kappa shape index (κ3) is 2.86. The quantitative estimate of drug-likeness (QED) is 0.834. The zero-order valence-electron chi connectivity index (χ0n) is 12.5. The van der Waals surface area contributed by atoms with Crippen molar-refractivity contribution in [1.29, 1.82) is 0 Å². The normalized spacial score (nSPS) is 16.6. The van der Waals surface area contributed by atoms with Crippen LogP contribution < -0.4 is 0 Å². The lowest BCUT2D eigenvalue weighted by Crippen LogP contribution is -2.25. The highest BCUT2D eigenvalue weighted by Gasteiger charge is 2.14. The number of fused-ring (bicyclic) bond motifs is 1. The fourth-order valence-corrected chi connectivity index (χ4v) is 3.03. The topological polar surface area (TPSA) is 24.3 Å². The van der Waals surface area contributed by atoms with Crippen LogP contribution in [-0.2, 0) is 13.1 Å². The number of para-hydroxylation sites is 2. The van der Waals surface area contributed by atoms with Gasteiger partial charge < -0.3 is 14.4 Å². The molecule has 1 fully saturated rings. The second-order valence-electron chi connectivity index (χ2n) is 5.95. The Hall–Kier alpha value is -1.39. The summed E-state index contributed by atoms with van der Waals surface area (Å²) in [5.74, 6) is 1.18. The molecule has 0 spiro atoms. The molecule has 0 radical (unpaired) electrons. The second-order valence-corrected chi connectivity index (χ2v) is 5.95. The second kappa shape index (κ2) is 5.94. The standard InChI is InChI=1S/C16H24N4/c1-18(2)13-16-17-14-7-3-4-8-15(14)20(16)12-11-19-9-5-6-10-19/h3-4,7-8H,5-6,9-13H2,1-2H3. The maximum atomic E-state index is 4.80. The Bertz CT molecular complexity index is 567. The predicted octanol–water partition coefficient (Wildman–Crippen LogP) is 2.19. The van der Waals surface area contributed by atoms with Gasteiger partial charge in [0.15, 0.2) is 0 Å². The van der Waals surface area contributed by atoms with Crippen LogP contribution in [0.15, 0.2) is 24.3 Å². The van der Waals surface area contributed by atoms with E-state index in [4.69, 9.17) is 4.98 Å². The molecule has 1 saturated heterocycles. The van der Waals surface area contributed by atoms with Gasteiger partial charge in [-0.25, -0.2) is 4.98 Å². The average Bonchev–Trinajstić information content (AvgIpc) is 3.03. The SMILES string of the molecule is CN(C)Cc1nc2ccccc2n1CCN1CCCC1. The molecule has 0 N–H and O–H groups in total. The molecule has 4 heteroatoms. The van der Waals surface area contributed by atoms with Gasteiger partial charge in [-0.15, -0.1) is 0 Å². The molecule has 0 bridgehead atoms. The van der Waals surface area contributed by atoms with Crippen molar-refractivity contribution in [2.24, 2.45) is 0 Å². The molecular weight excluding hydrogens is 248 g/mol. The largest absolute Gasteiger partial charge is 0.326 e. The van der Waals surface area contributed by atoms with E-state index >= 15 is 0 Å². The molecule has 20 heavy (non-hydrogen) atoms. The number of imidazole rings is 1. The lowest BCUT2D eigenvalue weighted by molar-refractivity contribution is 0.316. The summed E-state index contributed by atoms with van der Waals surface area (Å²) in [6, 6.07) is 8.47. The highest BCUT2D eigenvalue weighted by molar-refractivity contribution is 5.75. The van der Waals surface area contributed by atoms with Gasteiger partial charge in [-0.3, -0.25) is 0 Å². The van der Waals surface area contributed by atoms with Crippen LogP contribution in [0.4, 0.5) is 0 Å². The molecule has 108 valence electrons. The van der Waals surface area contributed by atoms with E-state index in [0.717, 1.165) is 25.2 Å². The van der Waals surface area contributed by atoms with E-state index in [0.29, 0.717) is 0 Å². The van der Waals surface area contributed by atoms with Gasteiger partial charge in [-0.1, -0.05) is 12.1 Å². The number of likely N-dealkylation sites (tertiary alicyclic amines) is 1. The summed E-state index contributed by atoms with van der Waals surface area (Å²) in [4.78, 5) is 9.55.